The summed E-state index contributed by atoms with van der Waals surface area (Å²) in [6, 6.07) is 6.99. The van der Waals surface area contributed by atoms with E-state index < -0.39 is 57.6 Å². The van der Waals surface area contributed by atoms with E-state index in [-0.39, 0.29) is 17.1 Å². The lowest BCUT2D eigenvalue weighted by Gasteiger charge is -2.30. The van der Waals surface area contributed by atoms with Crippen molar-refractivity contribution in [3.8, 4) is 5.75 Å². The van der Waals surface area contributed by atoms with E-state index in [2.05, 4.69) is 15.0 Å². The van der Waals surface area contributed by atoms with E-state index >= 15 is 0 Å². The Labute approximate surface area is 233 Å². The molecule has 41 heavy (non-hydrogen) atoms. The van der Waals surface area contributed by atoms with Gasteiger partial charge in [0.15, 0.2) is 5.65 Å². The molecule has 3 aromatic rings. The van der Waals surface area contributed by atoms with E-state index in [1.54, 1.807) is 24.3 Å². The zero-order valence-corrected chi connectivity index (χ0v) is 23.9. The van der Waals surface area contributed by atoms with Gasteiger partial charge in [0.1, 0.15) is 28.6 Å². The SMILES string of the molecule is CCOc1ccc(Sc2nc(N)nc3c2ncn3CC(C)OC(P(=O)(O)CC(F)(F)F)P(=O)(O)CC(F)(F)F)cc1. The molecule has 0 bridgehead atoms. The quantitative estimate of drug-likeness (QED) is 0.132. The number of halogens is 6. The molecule has 11 nitrogen and oxygen atoms in total. The second-order valence-electron chi connectivity index (χ2n) is 8.79. The maximum absolute atomic E-state index is 12.9. The van der Waals surface area contributed by atoms with Gasteiger partial charge in [-0.2, -0.15) is 31.3 Å². The lowest BCUT2D eigenvalue weighted by Crippen LogP contribution is -2.30. The third-order valence-electron chi connectivity index (χ3n) is 5.11. The molecule has 0 amide bonds. The van der Waals surface area contributed by atoms with Crippen LogP contribution in [-0.4, -0.2) is 72.3 Å². The first kappa shape index (κ1) is 33.1. The summed E-state index contributed by atoms with van der Waals surface area (Å²) in [7, 11) is -11.7. The number of nitrogens with two attached hydrogens (primary N) is 1. The third kappa shape index (κ3) is 9.32. The van der Waals surface area contributed by atoms with Gasteiger partial charge in [0.05, 0.1) is 25.6 Å². The minimum Gasteiger partial charge on any atom is -0.494 e. The molecular formula is C21H25F6N5O6P2S. The van der Waals surface area contributed by atoms with Gasteiger partial charge in [0, 0.05) is 4.90 Å². The third-order valence-corrected chi connectivity index (χ3v) is 11.5. The Morgan fingerprint density at radius 1 is 1.02 bits per heavy atom. The van der Waals surface area contributed by atoms with Crippen LogP contribution in [0.15, 0.2) is 40.5 Å². The fourth-order valence-electron chi connectivity index (χ4n) is 3.69. The number of ether oxygens (including phenoxy) is 2. The van der Waals surface area contributed by atoms with Gasteiger partial charge in [-0.1, -0.05) is 11.8 Å². The minimum atomic E-state index is -5.83. The van der Waals surface area contributed by atoms with Gasteiger partial charge >= 0.3 is 12.4 Å². The van der Waals surface area contributed by atoms with Crippen molar-refractivity contribution in [1.82, 2.24) is 19.5 Å². The maximum Gasteiger partial charge on any atom is 0.398 e. The number of fused-ring (bicyclic) bond motifs is 1. The smallest absolute Gasteiger partial charge is 0.398 e. The van der Waals surface area contributed by atoms with Crippen LogP contribution in [0.1, 0.15) is 13.8 Å². The van der Waals surface area contributed by atoms with Gasteiger partial charge in [-0.15, -0.1) is 0 Å². The zero-order valence-electron chi connectivity index (χ0n) is 21.3. The zero-order chi connectivity index (χ0) is 30.8. The Morgan fingerprint density at radius 2 is 1.59 bits per heavy atom. The molecule has 0 radical (unpaired) electrons. The monoisotopic (exact) mass is 651 g/mol. The van der Waals surface area contributed by atoms with Crippen molar-refractivity contribution < 1.29 is 54.7 Å². The normalized spacial score (nSPS) is 17.1. The summed E-state index contributed by atoms with van der Waals surface area (Å²) in [5.41, 5.74) is 3.01. The van der Waals surface area contributed by atoms with Crippen LogP contribution in [0, 0.1) is 0 Å². The molecule has 2 heterocycles. The predicted molar refractivity (Wildman–Crippen MR) is 137 cm³/mol. The van der Waals surface area contributed by atoms with Gasteiger partial charge in [-0.05, 0) is 38.1 Å². The summed E-state index contributed by atoms with van der Waals surface area (Å²) in [5, 5.41) is 0.317. The van der Waals surface area contributed by atoms with Gasteiger partial charge in [0.2, 0.25) is 26.3 Å². The van der Waals surface area contributed by atoms with E-state index in [1.807, 2.05) is 6.92 Å². The lowest BCUT2D eigenvalue weighted by molar-refractivity contribution is -0.109. The molecule has 0 aliphatic carbocycles. The second-order valence-corrected chi connectivity index (χ2v) is 14.9. The number of benzene rings is 1. The standard InChI is InChI=1S/C21H25F6N5O6P2S/c1-3-37-13-4-6-14(7-5-13)41-17-15-16(30-18(28)31-17)32(11-29-15)8-12(2)38-19(39(33,34)9-20(22,23)24)40(35,36)10-21(25,26)27/h4-7,11-12,19H,3,8-10H2,1-2H3,(H,33,34)(H,35,36)(H2,28,30,31). The summed E-state index contributed by atoms with van der Waals surface area (Å²) in [6.45, 7) is 3.03. The van der Waals surface area contributed by atoms with Gasteiger partial charge in [-0.3, -0.25) is 9.13 Å². The lowest BCUT2D eigenvalue weighted by atomic mass is 10.3. The van der Waals surface area contributed by atoms with E-state index in [4.69, 9.17) is 15.2 Å². The number of alkyl halides is 6. The maximum atomic E-state index is 12.9. The molecule has 3 atom stereocenters. The van der Waals surface area contributed by atoms with Crippen LogP contribution in [0.3, 0.4) is 0 Å². The first-order chi connectivity index (χ1) is 18.8. The van der Waals surface area contributed by atoms with Crippen LogP contribution in [0.4, 0.5) is 32.3 Å². The second kappa shape index (κ2) is 12.5. The summed E-state index contributed by atoms with van der Waals surface area (Å²) in [6.07, 6.45) is -16.0. The van der Waals surface area contributed by atoms with E-state index in [0.717, 1.165) is 11.8 Å². The number of nitrogen functional groups attached to an aromatic ring is 1. The molecule has 4 N–H and O–H groups in total. The largest absolute Gasteiger partial charge is 0.494 e. The first-order valence-corrected chi connectivity index (χ1v) is 16.2. The highest BCUT2D eigenvalue weighted by Gasteiger charge is 2.55. The van der Waals surface area contributed by atoms with Crippen LogP contribution in [0.2, 0.25) is 0 Å². The Kier molecular flexibility index (Phi) is 10.1. The summed E-state index contributed by atoms with van der Waals surface area (Å²) in [4.78, 5) is 33.2. The Balaban J connectivity index is 1.88. The number of hydrogen-bond acceptors (Lipinski definition) is 9. The highest BCUT2D eigenvalue weighted by molar-refractivity contribution is 7.99. The minimum absolute atomic E-state index is 0.0999. The molecule has 0 saturated heterocycles. The molecule has 20 heteroatoms. The van der Waals surface area contributed by atoms with Crippen LogP contribution in [0.5, 0.6) is 5.75 Å². The van der Waals surface area contributed by atoms with Crippen molar-refractivity contribution in [3.63, 3.8) is 0 Å². The van der Waals surface area contributed by atoms with Gasteiger partial charge in [0.25, 0.3) is 0 Å². The topological polar surface area (TPSA) is 163 Å². The van der Waals surface area contributed by atoms with Crippen molar-refractivity contribution in [2.24, 2.45) is 0 Å². The Bertz CT molecular complexity index is 1420. The molecule has 0 saturated carbocycles. The number of nitrogens with zero attached hydrogens (tertiary/aromatic N) is 4. The molecule has 0 spiro atoms. The van der Waals surface area contributed by atoms with E-state index in [9.17, 15) is 45.3 Å². The number of rotatable bonds is 12. The first-order valence-electron chi connectivity index (χ1n) is 11.6. The number of hydrogen-bond donors (Lipinski definition) is 3. The molecule has 2 aromatic heterocycles. The van der Waals surface area contributed by atoms with Gasteiger partial charge in [-0.25, -0.2) is 9.97 Å². The van der Waals surface area contributed by atoms with Crippen LogP contribution in [-0.2, 0) is 20.4 Å². The summed E-state index contributed by atoms with van der Waals surface area (Å²) < 4.78 is 114. The van der Waals surface area contributed by atoms with Gasteiger partial charge < -0.3 is 29.6 Å². The highest BCUT2D eigenvalue weighted by atomic mass is 32.2. The number of imidazole rings is 1. The average Bonchev–Trinajstić information content (AvgIpc) is 3.18. The molecule has 228 valence electrons. The molecular weight excluding hydrogens is 626 g/mol. The van der Waals surface area contributed by atoms with Crippen molar-refractivity contribution in [3.05, 3.63) is 30.6 Å². The molecule has 0 fully saturated rings. The Morgan fingerprint density at radius 3 is 2.10 bits per heavy atom. The predicted octanol–water partition coefficient (Wildman–Crippen LogP) is 5.31. The fourth-order valence-corrected chi connectivity index (χ4v) is 9.45. The molecule has 0 aliphatic rings. The molecule has 3 unspecified atom stereocenters. The Hall–Kier alpha value is -2.36. The summed E-state index contributed by atoms with van der Waals surface area (Å²) in [5.74, 6) is 0.459. The number of anilines is 1. The fraction of sp³-hybridized carbons (Fsp3) is 0.476. The molecule has 1 aromatic carbocycles. The van der Waals surface area contributed by atoms with Crippen molar-refractivity contribution in [2.75, 3.05) is 24.7 Å². The highest BCUT2D eigenvalue weighted by Crippen LogP contribution is 2.67. The van der Waals surface area contributed by atoms with E-state index in [0.29, 0.717) is 17.4 Å². The van der Waals surface area contributed by atoms with Crippen molar-refractivity contribution >= 4 is 43.6 Å². The van der Waals surface area contributed by atoms with Crippen LogP contribution in [0.25, 0.3) is 11.2 Å². The van der Waals surface area contributed by atoms with Crippen LogP contribution < -0.4 is 10.5 Å². The molecule has 0 aliphatic heterocycles. The van der Waals surface area contributed by atoms with Crippen molar-refractivity contribution in [2.45, 2.75) is 54.4 Å². The summed E-state index contributed by atoms with van der Waals surface area (Å²) >= 11 is 1.17. The number of aromatic nitrogens is 4. The average molecular weight is 651 g/mol. The van der Waals surface area contributed by atoms with Crippen molar-refractivity contribution in [1.29, 1.82) is 0 Å². The van der Waals surface area contributed by atoms with E-state index in [1.165, 1.54) is 22.7 Å². The van der Waals surface area contributed by atoms with Crippen LogP contribution >= 0.6 is 26.5 Å². The molecule has 3 rings (SSSR count).